The minimum Gasteiger partial charge on any atom is -0.352 e. The molecular weight excluding hydrogens is 280 g/mol. The van der Waals surface area contributed by atoms with E-state index in [2.05, 4.69) is 29.9 Å². The first kappa shape index (κ1) is 18.0. The first-order chi connectivity index (χ1) is 10.2. The van der Waals surface area contributed by atoms with Crippen molar-refractivity contribution in [2.24, 2.45) is 0 Å². The van der Waals surface area contributed by atoms with Gasteiger partial charge in [-0.05, 0) is 35.8 Å². The van der Waals surface area contributed by atoms with Crippen molar-refractivity contribution in [2.75, 3.05) is 0 Å². The van der Waals surface area contributed by atoms with Crippen LogP contribution in [0.5, 0.6) is 0 Å². The summed E-state index contributed by atoms with van der Waals surface area (Å²) in [6.07, 6.45) is 12.6. The molecule has 4 heteroatoms. The molecule has 0 aliphatic heterocycles. The second kappa shape index (κ2) is 11.6. The summed E-state index contributed by atoms with van der Waals surface area (Å²) >= 11 is 4.38. The van der Waals surface area contributed by atoms with Crippen LogP contribution in [0, 0.1) is 0 Å². The fourth-order valence-corrected chi connectivity index (χ4v) is 2.40. The summed E-state index contributed by atoms with van der Waals surface area (Å²) in [6.45, 7) is 2.75. The second-order valence-electron chi connectivity index (χ2n) is 5.64. The van der Waals surface area contributed by atoms with E-state index in [-0.39, 0.29) is 5.91 Å². The standard InChI is InChI=1S/C17H28N2OS/c1-15(21)8-6-4-2-3-5-7-9-17(20)19-14-16-10-12-18-13-11-16/h10-13,15,21H,2-9,14H2,1H3,(H,19,20). The molecule has 1 aromatic rings. The van der Waals surface area contributed by atoms with Gasteiger partial charge in [0.25, 0.3) is 0 Å². The predicted molar refractivity (Wildman–Crippen MR) is 91.5 cm³/mol. The van der Waals surface area contributed by atoms with Crippen molar-refractivity contribution in [2.45, 2.75) is 70.1 Å². The fraction of sp³-hybridized carbons (Fsp3) is 0.647. The van der Waals surface area contributed by atoms with E-state index in [9.17, 15) is 4.79 Å². The van der Waals surface area contributed by atoms with Gasteiger partial charge in [-0.1, -0.05) is 39.0 Å². The van der Waals surface area contributed by atoms with Gasteiger partial charge in [0.05, 0.1) is 0 Å². The lowest BCUT2D eigenvalue weighted by Gasteiger charge is -2.06. The molecule has 0 spiro atoms. The molecule has 1 aromatic heterocycles. The Morgan fingerprint density at radius 2 is 1.76 bits per heavy atom. The third kappa shape index (κ3) is 10.4. The summed E-state index contributed by atoms with van der Waals surface area (Å²) in [6, 6.07) is 3.85. The average Bonchev–Trinajstić information content (AvgIpc) is 2.48. The number of nitrogens with zero attached hydrogens (tertiary/aromatic N) is 1. The third-order valence-electron chi connectivity index (χ3n) is 3.51. The van der Waals surface area contributed by atoms with Crippen LogP contribution in [0.2, 0.25) is 0 Å². The van der Waals surface area contributed by atoms with Gasteiger partial charge in [-0.2, -0.15) is 12.6 Å². The first-order valence-corrected chi connectivity index (χ1v) is 8.54. The number of pyridine rings is 1. The molecule has 0 saturated carbocycles. The molecular formula is C17H28N2OS. The molecule has 1 unspecified atom stereocenters. The zero-order valence-corrected chi connectivity index (χ0v) is 13.9. The number of hydrogen-bond acceptors (Lipinski definition) is 3. The van der Waals surface area contributed by atoms with Gasteiger partial charge >= 0.3 is 0 Å². The molecule has 1 N–H and O–H groups in total. The molecule has 1 rings (SSSR count). The Morgan fingerprint density at radius 3 is 2.43 bits per heavy atom. The maximum Gasteiger partial charge on any atom is 0.220 e. The summed E-state index contributed by atoms with van der Waals surface area (Å²) in [7, 11) is 0. The summed E-state index contributed by atoms with van der Waals surface area (Å²) in [5.41, 5.74) is 1.09. The minimum absolute atomic E-state index is 0.149. The topological polar surface area (TPSA) is 42.0 Å². The number of carbonyl (C=O) groups is 1. The van der Waals surface area contributed by atoms with Crippen LogP contribution in [0.25, 0.3) is 0 Å². The average molecular weight is 308 g/mol. The number of nitrogens with one attached hydrogen (secondary N) is 1. The number of amides is 1. The highest BCUT2D eigenvalue weighted by Crippen LogP contribution is 2.11. The highest BCUT2D eigenvalue weighted by atomic mass is 32.1. The highest BCUT2D eigenvalue weighted by molar-refractivity contribution is 7.80. The van der Waals surface area contributed by atoms with Crippen LogP contribution in [0.4, 0.5) is 0 Å². The molecule has 1 heterocycles. The molecule has 21 heavy (non-hydrogen) atoms. The number of unbranched alkanes of at least 4 members (excludes halogenated alkanes) is 5. The lowest BCUT2D eigenvalue weighted by atomic mass is 10.1. The third-order valence-corrected chi connectivity index (χ3v) is 3.77. The smallest absolute Gasteiger partial charge is 0.220 e. The Labute approximate surface area is 134 Å². The van der Waals surface area contributed by atoms with Gasteiger partial charge in [0.1, 0.15) is 0 Å². The maximum atomic E-state index is 11.7. The molecule has 1 amide bonds. The van der Waals surface area contributed by atoms with Crippen LogP contribution in [-0.4, -0.2) is 16.1 Å². The van der Waals surface area contributed by atoms with Crippen LogP contribution in [0.3, 0.4) is 0 Å². The molecule has 0 bridgehead atoms. The van der Waals surface area contributed by atoms with E-state index < -0.39 is 0 Å². The van der Waals surface area contributed by atoms with Crippen molar-refractivity contribution in [1.29, 1.82) is 0 Å². The van der Waals surface area contributed by atoms with Crippen LogP contribution in [-0.2, 0) is 11.3 Å². The van der Waals surface area contributed by atoms with Gasteiger partial charge in [0.2, 0.25) is 5.91 Å². The Kier molecular flexibility index (Phi) is 9.96. The Hall–Kier alpha value is -1.03. The quantitative estimate of drug-likeness (QED) is 0.476. The van der Waals surface area contributed by atoms with Gasteiger partial charge in [0, 0.05) is 25.4 Å². The molecule has 1 atom stereocenters. The summed E-state index contributed by atoms with van der Waals surface area (Å²) in [5.74, 6) is 0.149. The zero-order valence-electron chi connectivity index (χ0n) is 13.1. The van der Waals surface area contributed by atoms with E-state index in [1.165, 1.54) is 32.1 Å². The molecule has 0 aromatic carbocycles. The van der Waals surface area contributed by atoms with Crippen molar-refractivity contribution in [3.63, 3.8) is 0 Å². The van der Waals surface area contributed by atoms with Crippen molar-refractivity contribution in [1.82, 2.24) is 10.3 Å². The van der Waals surface area contributed by atoms with Gasteiger partial charge in [-0.3, -0.25) is 9.78 Å². The number of hydrogen-bond donors (Lipinski definition) is 2. The molecule has 0 aliphatic rings. The van der Waals surface area contributed by atoms with E-state index in [0.29, 0.717) is 18.2 Å². The normalized spacial score (nSPS) is 12.1. The van der Waals surface area contributed by atoms with Gasteiger partial charge < -0.3 is 5.32 Å². The van der Waals surface area contributed by atoms with Crippen LogP contribution in [0.1, 0.15) is 63.9 Å². The van der Waals surface area contributed by atoms with Crippen molar-refractivity contribution >= 4 is 18.5 Å². The van der Waals surface area contributed by atoms with Crippen molar-refractivity contribution in [3.05, 3.63) is 30.1 Å². The van der Waals surface area contributed by atoms with Gasteiger partial charge in [-0.25, -0.2) is 0 Å². The predicted octanol–water partition coefficient (Wildman–Crippen LogP) is 4.14. The monoisotopic (exact) mass is 308 g/mol. The zero-order chi connectivity index (χ0) is 15.3. The van der Waals surface area contributed by atoms with E-state index in [4.69, 9.17) is 0 Å². The molecule has 0 saturated heterocycles. The lowest BCUT2D eigenvalue weighted by molar-refractivity contribution is -0.121. The van der Waals surface area contributed by atoms with Crippen molar-refractivity contribution < 1.29 is 4.79 Å². The van der Waals surface area contributed by atoms with E-state index in [1.54, 1.807) is 12.4 Å². The summed E-state index contributed by atoms with van der Waals surface area (Å²) in [5, 5.41) is 3.47. The fourth-order valence-electron chi connectivity index (χ4n) is 2.22. The van der Waals surface area contributed by atoms with Crippen LogP contribution in [0.15, 0.2) is 24.5 Å². The molecule has 0 aliphatic carbocycles. The lowest BCUT2D eigenvalue weighted by Crippen LogP contribution is -2.22. The number of carbonyl (C=O) groups excluding carboxylic acids is 1. The van der Waals surface area contributed by atoms with Gasteiger partial charge in [-0.15, -0.1) is 0 Å². The molecule has 118 valence electrons. The van der Waals surface area contributed by atoms with E-state index in [0.717, 1.165) is 18.4 Å². The van der Waals surface area contributed by atoms with E-state index in [1.807, 2.05) is 12.1 Å². The second-order valence-corrected chi connectivity index (χ2v) is 6.52. The molecule has 0 radical (unpaired) electrons. The maximum absolute atomic E-state index is 11.7. The number of aromatic nitrogens is 1. The van der Waals surface area contributed by atoms with E-state index >= 15 is 0 Å². The highest BCUT2D eigenvalue weighted by Gasteiger charge is 2.01. The minimum atomic E-state index is 0.149. The largest absolute Gasteiger partial charge is 0.352 e. The van der Waals surface area contributed by atoms with Crippen LogP contribution >= 0.6 is 12.6 Å². The van der Waals surface area contributed by atoms with Crippen LogP contribution < -0.4 is 5.32 Å². The Morgan fingerprint density at radius 1 is 1.14 bits per heavy atom. The summed E-state index contributed by atoms with van der Waals surface area (Å²) < 4.78 is 0. The summed E-state index contributed by atoms with van der Waals surface area (Å²) in [4.78, 5) is 15.6. The Balaban J connectivity index is 1.92. The SMILES string of the molecule is CC(S)CCCCCCCCC(=O)NCc1ccncc1. The molecule has 3 nitrogen and oxygen atoms in total. The number of rotatable bonds is 11. The van der Waals surface area contributed by atoms with Crippen molar-refractivity contribution in [3.8, 4) is 0 Å². The number of thiol groups is 1. The Bertz CT molecular complexity index is 382. The first-order valence-electron chi connectivity index (χ1n) is 8.02. The van der Waals surface area contributed by atoms with Gasteiger partial charge in [0.15, 0.2) is 0 Å². The molecule has 0 fully saturated rings.